The number of carbonyl (C=O) groups is 2. The van der Waals surface area contributed by atoms with E-state index in [0.717, 1.165) is 9.37 Å². The third kappa shape index (κ3) is 5.49. The number of benzene rings is 2. The molecular weight excluding hydrogens is 380 g/mol. The van der Waals surface area contributed by atoms with Crippen LogP contribution in [-0.4, -0.2) is 31.4 Å². The van der Waals surface area contributed by atoms with Crippen LogP contribution >= 0.6 is 27.7 Å². The van der Waals surface area contributed by atoms with Crippen LogP contribution in [0.25, 0.3) is 0 Å². The smallest absolute Gasteiger partial charge is 0.338 e. The highest BCUT2D eigenvalue weighted by atomic mass is 79.9. The lowest BCUT2D eigenvalue weighted by Crippen LogP contribution is -2.14. The highest BCUT2D eigenvalue weighted by Gasteiger charge is 2.12. The van der Waals surface area contributed by atoms with Gasteiger partial charge in [-0.25, -0.2) is 4.79 Å². The highest BCUT2D eigenvalue weighted by molar-refractivity contribution is 9.10. The lowest BCUT2D eigenvalue weighted by atomic mass is 10.1. The van der Waals surface area contributed by atoms with Gasteiger partial charge in [0.1, 0.15) is 0 Å². The molecule has 0 radical (unpaired) electrons. The molecule has 0 aliphatic carbocycles. The summed E-state index contributed by atoms with van der Waals surface area (Å²) in [5.74, 6) is -0.206. The first kappa shape index (κ1) is 17.7. The summed E-state index contributed by atoms with van der Waals surface area (Å²) < 4.78 is 10.9. The Morgan fingerprint density at radius 2 is 1.61 bits per heavy atom. The third-order valence-corrected chi connectivity index (χ3v) is 4.42. The van der Waals surface area contributed by atoms with Gasteiger partial charge in [-0.15, -0.1) is 0 Å². The van der Waals surface area contributed by atoms with Crippen LogP contribution in [0.15, 0.2) is 57.9 Å². The van der Waals surface area contributed by atoms with Crippen LogP contribution in [0.5, 0.6) is 0 Å². The van der Waals surface area contributed by atoms with Gasteiger partial charge in [0.25, 0.3) is 0 Å². The van der Waals surface area contributed by atoms with E-state index in [-0.39, 0.29) is 12.4 Å². The van der Waals surface area contributed by atoms with Gasteiger partial charge in [-0.3, -0.25) is 4.79 Å². The summed E-state index contributed by atoms with van der Waals surface area (Å²) >= 11 is 4.83. The molecule has 120 valence electrons. The molecule has 0 aliphatic heterocycles. The molecule has 0 bridgehead atoms. The lowest BCUT2D eigenvalue weighted by Gasteiger charge is -2.06. The van der Waals surface area contributed by atoms with Crippen molar-refractivity contribution in [1.82, 2.24) is 0 Å². The molecule has 4 nitrogen and oxygen atoms in total. The fourth-order valence-electron chi connectivity index (χ4n) is 1.75. The quantitative estimate of drug-likeness (QED) is 0.305. The van der Waals surface area contributed by atoms with Crippen molar-refractivity contribution in [3.05, 3.63) is 64.1 Å². The van der Waals surface area contributed by atoms with Crippen LogP contribution in [0.1, 0.15) is 20.7 Å². The summed E-state index contributed by atoms with van der Waals surface area (Å²) in [6.07, 6.45) is 0. The molecule has 6 heteroatoms. The van der Waals surface area contributed by atoms with Crippen molar-refractivity contribution < 1.29 is 19.1 Å². The maximum atomic E-state index is 12.0. The molecule has 23 heavy (non-hydrogen) atoms. The number of Topliss-reactive ketones (excluding diaryl/α,β-unsaturated/α-hetero) is 1. The van der Waals surface area contributed by atoms with E-state index in [9.17, 15) is 9.59 Å². The Morgan fingerprint density at radius 3 is 2.22 bits per heavy atom. The van der Waals surface area contributed by atoms with E-state index in [2.05, 4.69) is 15.9 Å². The largest absolute Gasteiger partial charge is 0.454 e. The predicted octanol–water partition coefficient (Wildman–Crippen LogP) is 4.18. The molecule has 0 fully saturated rings. The zero-order valence-corrected chi connectivity index (χ0v) is 14.9. The topological polar surface area (TPSA) is 52.6 Å². The molecule has 0 amide bonds. The first-order valence-electron chi connectivity index (χ1n) is 6.78. The average Bonchev–Trinajstić information content (AvgIpc) is 2.58. The maximum Gasteiger partial charge on any atom is 0.338 e. The Kier molecular flexibility index (Phi) is 6.83. The van der Waals surface area contributed by atoms with Crippen molar-refractivity contribution in [2.24, 2.45) is 0 Å². The van der Waals surface area contributed by atoms with Crippen molar-refractivity contribution in [1.29, 1.82) is 0 Å². The number of ketones is 1. The Bertz CT molecular complexity index is 668. The molecule has 0 aromatic heterocycles. The second-order valence-corrected chi connectivity index (χ2v) is 6.49. The summed E-state index contributed by atoms with van der Waals surface area (Å²) in [5, 5.41) is 0. The van der Waals surface area contributed by atoms with Crippen molar-refractivity contribution in [2.45, 2.75) is 4.90 Å². The number of thioether (sulfide) groups is 1. The van der Waals surface area contributed by atoms with Crippen LogP contribution in [0.2, 0.25) is 0 Å². The van der Waals surface area contributed by atoms with Crippen molar-refractivity contribution in [3.8, 4) is 0 Å². The van der Waals surface area contributed by atoms with E-state index < -0.39 is 5.97 Å². The monoisotopic (exact) mass is 394 g/mol. The Balaban J connectivity index is 1.89. The number of hydrogen-bond acceptors (Lipinski definition) is 5. The number of hydrogen-bond donors (Lipinski definition) is 0. The molecule has 2 rings (SSSR count). The molecule has 0 aliphatic rings. The van der Waals surface area contributed by atoms with Gasteiger partial charge < -0.3 is 9.47 Å². The molecule has 0 heterocycles. The predicted molar refractivity (Wildman–Crippen MR) is 92.9 cm³/mol. The Morgan fingerprint density at radius 1 is 1.00 bits per heavy atom. The summed E-state index contributed by atoms with van der Waals surface area (Å²) in [7, 11) is 1.63. The number of methoxy groups -OCH3 is 1. The molecule has 0 N–H and O–H groups in total. The van der Waals surface area contributed by atoms with Crippen LogP contribution in [0.3, 0.4) is 0 Å². The Hall–Kier alpha value is -1.63. The van der Waals surface area contributed by atoms with Gasteiger partial charge in [-0.1, -0.05) is 39.8 Å². The van der Waals surface area contributed by atoms with E-state index in [1.807, 2.05) is 12.1 Å². The highest BCUT2D eigenvalue weighted by Crippen LogP contribution is 2.18. The fraction of sp³-hybridized carbons (Fsp3) is 0.176. The lowest BCUT2D eigenvalue weighted by molar-refractivity contribution is 0.0474. The first-order chi connectivity index (χ1) is 11.1. The molecular formula is C17H15BrO4S. The second kappa shape index (κ2) is 8.86. The SMILES string of the molecule is COCSc1ccc(C(=O)OCC(=O)c2ccc(Br)cc2)cc1. The number of ether oxygens (including phenoxy) is 2. The molecule has 0 saturated heterocycles. The minimum absolute atomic E-state index is 0.238. The van der Waals surface area contributed by atoms with Crippen LogP contribution < -0.4 is 0 Å². The standard InChI is InChI=1S/C17H15BrO4S/c1-21-11-23-15-8-4-13(5-9-15)17(20)22-10-16(19)12-2-6-14(18)7-3-12/h2-9H,10-11H2,1H3. The fourth-order valence-corrected chi connectivity index (χ4v) is 2.59. The molecule has 2 aromatic rings. The van der Waals surface area contributed by atoms with E-state index in [1.165, 1.54) is 11.8 Å². The minimum Gasteiger partial charge on any atom is -0.454 e. The summed E-state index contributed by atoms with van der Waals surface area (Å²) in [4.78, 5) is 24.9. The van der Waals surface area contributed by atoms with Crippen molar-refractivity contribution in [3.63, 3.8) is 0 Å². The molecule has 2 aromatic carbocycles. The maximum absolute atomic E-state index is 12.0. The first-order valence-corrected chi connectivity index (χ1v) is 8.55. The zero-order chi connectivity index (χ0) is 16.7. The molecule has 0 atom stereocenters. The number of rotatable bonds is 7. The summed E-state index contributed by atoms with van der Waals surface area (Å²) in [6.45, 7) is -0.277. The van der Waals surface area contributed by atoms with E-state index >= 15 is 0 Å². The van der Waals surface area contributed by atoms with Gasteiger partial charge in [-0.05, 0) is 36.4 Å². The van der Waals surface area contributed by atoms with Gasteiger partial charge >= 0.3 is 5.97 Å². The number of esters is 1. The van der Waals surface area contributed by atoms with Gasteiger partial charge in [-0.2, -0.15) is 0 Å². The molecule has 0 saturated carbocycles. The molecule has 0 spiro atoms. The normalized spacial score (nSPS) is 10.3. The Labute approximate surface area is 147 Å². The van der Waals surface area contributed by atoms with Crippen molar-refractivity contribution in [2.75, 3.05) is 19.7 Å². The zero-order valence-electron chi connectivity index (χ0n) is 12.5. The third-order valence-electron chi connectivity index (χ3n) is 2.93. The number of carbonyl (C=O) groups excluding carboxylic acids is 2. The van der Waals surface area contributed by atoms with Crippen molar-refractivity contribution >= 4 is 39.4 Å². The second-order valence-electron chi connectivity index (χ2n) is 4.58. The van der Waals surface area contributed by atoms with Crippen LogP contribution in [0.4, 0.5) is 0 Å². The van der Waals surface area contributed by atoms with Crippen LogP contribution in [-0.2, 0) is 9.47 Å². The van der Waals surface area contributed by atoms with E-state index in [0.29, 0.717) is 17.1 Å². The van der Waals surface area contributed by atoms with E-state index in [4.69, 9.17) is 9.47 Å². The summed E-state index contributed by atoms with van der Waals surface area (Å²) in [5.41, 5.74) is 0.919. The van der Waals surface area contributed by atoms with Gasteiger partial charge in [0.2, 0.25) is 0 Å². The van der Waals surface area contributed by atoms with Gasteiger partial charge in [0.15, 0.2) is 12.4 Å². The summed E-state index contributed by atoms with van der Waals surface area (Å²) in [6, 6.07) is 13.9. The van der Waals surface area contributed by atoms with Gasteiger partial charge in [0, 0.05) is 22.0 Å². The minimum atomic E-state index is -0.515. The van der Waals surface area contributed by atoms with Gasteiger partial charge in [0.05, 0.1) is 11.5 Å². The average molecular weight is 395 g/mol. The van der Waals surface area contributed by atoms with E-state index in [1.54, 1.807) is 43.5 Å². The number of halogens is 1. The molecule has 0 unspecified atom stereocenters. The van der Waals surface area contributed by atoms with Crippen LogP contribution in [0, 0.1) is 0 Å².